The van der Waals surface area contributed by atoms with E-state index in [9.17, 15) is 10.2 Å². The molecule has 1 aromatic rings. The van der Waals surface area contributed by atoms with Gasteiger partial charge >= 0.3 is 0 Å². The van der Waals surface area contributed by atoms with Crippen molar-refractivity contribution in [2.24, 2.45) is 5.92 Å². The van der Waals surface area contributed by atoms with Crippen LogP contribution in [0, 0.1) is 5.92 Å². The van der Waals surface area contributed by atoms with Crippen molar-refractivity contribution in [1.29, 1.82) is 0 Å². The molecule has 5 unspecified atom stereocenters. The highest BCUT2D eigenvalue weighted by molar-refractivity contribution is 7.99. The summed E-state index contributed by atoms with van der Waals surface area (Å²) in [4.78, 5) is 1.15. The fraction of sp³-hybridized carbons (Fsp3) is 0.571. The molecule has 2 fully saturated rings. The zero-order valence-electron chi connectivity index (χ0n) is 10.5. The number of hydrogen-bond acceptors (Lipinski definition) is 4. The Morgan fingerprint density at radius 2 is 1.94 bits per heavy atom. The minimum atomic E-state index is -1.01. The van der Waals surface area contributed by atoms with E-state index < -0.39 is 17.3 Å². The van der Waals surface area contributed by atoms with Crippen molar-refractivity contribution in [2.75, 3.05) is 0 Å². The van der Waals surface area contributed by atoms with Crippen LogP contribution >= 0.6 is 11.8 Å². The van der Waals surface area contributed by atoms with Crippen LogP contribution in [-0.4, -0.2) is 33.0 Å². The molecular weight excluding hydrogens is 248 g/mol. The second kappa shape index (κ2) is 3.97. The van der Waals surface area contributed by atoms with Crippen molar-refractivity contribution < 1.29 is 14.9 Å². The molecule has 3 nitrogen and oxygen atoms in total. The molecule has 1 aromatic carbocycles. The van der Waals surface area contributed by atoms with Crippen LogP contribution in [0.4, 0.5) is 0 Å². The van der Waals surface area contributed by atoms with Gasteiger partial charge in [0.1, 0.15) is 17.1 Å². The molecule has 2 aliphatic rings. The predicted molar refractivity (Wildman–Crippen MR) is 70.3 cm³/mol. The fourth-order valence-corrected chi connectivity index (χ4v) is 4.47. The lowest BCUT2D eigenvalue weighted by atomic mass is 9.57. The molecule has 3 rings (SSSR count). The number of hydrogen-bond donors (Lipinski definition) is 2. The van der Waals surface area contributed by atoms with Gasteiger partial charge in [0.05, 0.1) is 5.60 Å². The maximum absolute atomic E-state index is 10.2. The minimum Gasteiger partial charge on any atom is -0.387 e. The van der Waals surface area contributed by atoms with E-state index >= 15 is 0 Å². The third-order valence-electron chi connectivity index (χ3n) is 4.32. The normalized spacial score (nSPS) is 46.6. The molecule has 1 heterocycles. The third kappa shape index (κ3) is 1.63. The summed E-state index contributed by atoms with van der Waals surface area (Å²) in [5.41, 5.74) is -1.59. The number of aliphatic hydroxyl groups is 2. The highest BCUT2D eigenvalue weighted by Gasteiger charge is 2.70. The molecule has 1 aliphatic carbocycles. The first-order valence-electron chi connectivity index (χ1n) is 6.24. The zero-order valence-corrected chi connectivity index (χ0v) is 11.4. The minimum absolute atomic E-state index is 0.00558. The van der Waals surface area contributed by atoms with Gasteiger partial charge in [-0.25, -0.2) is 0 Å². The van der Waals surface area contributed by atoms with Gasteiger partial charge < -0.3 is 14.9 Å². The molecule has 0 radical (unpaired) electrons. The number of ether oxygens (including phenoxy) is 1. The maximum Gasteiger partial charge on any atom is 0.112 e. The van der Waals surface area contributed by atoms with E-state index in [0.29, 0.717) is 0 Å². The predicted octanol–water partition coefficient (Wildman–Crippen LogP) is 2.03. The second-order valence-electron chi connectivity index (χ2n) is 5.58. The number of fused-ring (bicyclic) bond motifs is 1. The summed E-state index contributed by atoms with van der Waals surface area (Å²) in [6.07, 6.45) is -0.0171. The van der Waals surface area contributed by atoms with E-state index in [2.05, 4.69) is 0 Å². The Morgan fingerprint density at radius 3 is 2.56 bits per heavy atom. The fourth-order valence-electron chi connectivity index (χ4n) is 3.31. The molecule has 1 saturated heterocycles. The topological polar surface area (TPSA) is 49.7 Å². The number of benzene rings is 1. The summed E-state index contributed by atoms with van der Waals surface area (Å²) < 4.78 is 5.95. The highest BCUT2D eigenvalue weighted by Crippen LogP contribution is 2.58. The van der Waals surface area contributed by atoms with Gasteiger partial charge in [-0.1, -0.05) is 30.0 Å². The Labute approximate surface area is 111 Å². The van der Waals surface area contributed by atoms with Crippen LogP contribution in [0.2, 0.25) is 0 Å². The maximum atomic E-state index is 10.2. The summed E-state index contributed by atoms with van der Waals surface area (Å²) in [5.74, 6) is 0.0150. The van der Waals surface area contributed by atoms with Gasteiger partial charge in [0.15, 0.2) is 0 Å². The van der Waals surface area contributed by atoms with Gasteiger partial charge in [-0.15, -0.1) is 0 Å². The number of rotatable bonds is 2. The quantitative estimate of drug-likeness (QED) is 0.860. The molecule has 0 amide bonds. The first kappa shape index (κ1) is 12.5. The summed E-state index contributed by atoms with van der Waals surface area (Å²) in [7, 11) is 0. The Hall–Kier alpha value is -0.550. The first-order valence-corrected chi connectivity index (χ1v) is 7.12. The van der Waals surface area contributed by atoms with E-state index in [1.165, 1.54) is 0 Å². The Morgan fingerprint density at radius 1 is 1.28 bits per heavy atom. The molecule has 0 spiro atoms. The smallest absolute Gasteiger partial charge is 0.112 e. The van der Waals surface area contributed by atoms with Gasteiger partial charge in [0.25, 0.3) is 0 Å². The molecule has 4 heteroatoms. The molecule has 0 bridgehead atoms. The van der Waals surface area contributed by atoms with E-state index in [-0.39, 0.29) is 11.4 Å². The molecule has 2 N–H and O–H groups in total. The molecule has 5 atom stereocenters. The van der Waals surface area contributed by atoms with E-state index in [0.717, 1.165) is 11.3 Å². The van der Waals surface area contributed by atoms with Crippen LogP contribution in [0.3, 0.4) is 0 Å². The van der Waals surface area contributed by atoms with Crippen LogP contribution in [0.25, 0.3) is 0 Å². The molecule has 18 heavy (non-hydrogen) atoms. The van der Waals surface area contributed by atoms with Gasteiger partial charge in [-0.05, 0) is 32.4 Å². The van der Waals surface area contributed by atoms with Crippen LogP contribution in [0.1, 0.15) is 20.3 Å². The lowest BCUT2D eigenvalue weighted by Gasteiger charge is -2.56. The van der Waals surface area contributed by atoms with Crippen LogP contribution in [0.5, 0.6) is 0 Å². The average molecular weight is 266 g/mol. The standard InChI is InChI=1S/C14H18O3S/c1-13(16)10-8-11(17-14(10,2)12(13)15)18-9-6-4-3-5-7-9/h3-7,10-12,15-16H,8H2,1-2H3. The summed E-state index contributed by atoms with van der Waals surface area (Å²) in [6, 6.07) is 10.1. The summed E-state index contributed by atoms with van der Waals surface area (Å²) in [5, 5.41) is 20.2. The monoisotopic (exact) mass is 266 g/mol. The van der Waals surface area contributed by atoms with Crippen molar-refractivity contribution >= 4 is 11.8 Å². The Balaban J connectivity index is 1.73. The van der Waals surface area contributed by atoms with E-state index in [4.69, 9.17) is 4.74 Å². The van der Waals surface area contributed by atoms with Gasteiger partial charge in [0.2, 0.25) is 0 Å². The summed E-state index contributed by atoms with van der Waals surface area (Å²) >= 11 is 1.66. The lowest BCUT2D eigenvalue weighted by Crippen LogP contribution is -2.73. The SMILES string of the molecule is CC1(O)C(O)C2(C)OC(Sc3ccccc3)CC12. The Bertz CT molecular complexity index is 448. The van der Waals surface area contributed by atoms with E-state index in [1.54, 1.807) is 18.7 Å². The van der Waals surface area contributed by atoms with Gasteiger partial charge in [0, 0.05) is 10.8 Å². The van der Waals surface area contributed by atoms with Crippen molar-refractivity contribution in [1.82, 2.24) is 0 Å². The molecule has 0 aromatic heterocycles. The van der Waals surface area contributed by atoms with Crippen LogP contribution in [-0.2, 0) is 4.74 Å². The number of aliphatic hydroxyl groups excluding tert-OH is 1. The van der Waals surface area contributed by atoms with Gasteiger partial charge in [-0.3, -0.25) is 0 Å². The van der Waals surface area contributed by atoms with Crippen molar-refractivity contribution in [2.45, 2.75) is 47.9 Å². The van der Waals surface area contributed by atoms with Crippen LogP contribution in [0.15, 0.2) is 35.2 Å². The van der Waals surface area contributed by atoms with Crippen LogP contribution < -0.4 is 0 Å². The molecular formula is C14H18O3S. The largest absolute Gasteiger partial charge is 0.387 e. The van der Waals surface area contributed by atoms with Crippen molar-refractivity contribution in [3.05, 3.63) is 30.3 Å². The summed E-state index contributed by atoms with van der Waals surface area (Å²) in [6.45, 7) is 3.59. The van der Waals surface area contributed by atoms with Crippen molar-refractivity contribution in [3.8, 4) is 0 Å². The van der Waals surface area contributed by atoms with Gasteiger partial charge in [-0.2, -0.15) is 0 Å². The average Bonchev–Trinajstić information content (AvgIpc) is 2.66. The zero-order chi connectivity index (χ0) is 13.0. The molecule has 98 valence electrons. The third-order valence-corrected chi connectivity index (χ3v) is 5.41. The molecule has 1 saturated carbocycles. The lowest BCUT2D eigenvalue weighted by molar-refractivity contribution is -0.285. The second-order valence-corrected chi connectivity index (χ2v) is 6.81. The van der Waals surface area contributed by atoms with E-state index in [1.807, 2.05) is 37.3 Å². The first-order chi connectivity index (χ1) is 8.44. The van der Waals surface area contributed by atoms with Crippen molar-refractivity contribution in [3.63, 3.8) is 0 Å². The number of thioether (sulfide) groups is 1. The highest BCUT2D eigenvalue weighted by atomic mass is 32.2. The Kier molecular flexibility index (Phi) is 2.75. The molecule has 1 aliphatic heterocycles.